The number of unbranched alkanes of at least 4 members (excludes halogenated alkanes) is 3. The third kappa shape index (κ3) is 11.5. The summed E-state index contributed by atoms with van der Waals surface area (Å²) in [5.41, 5.74) is 8.95. The molecule has 0 saturated heterocycles. The van der Waals surface area contributed by atoms with Gasteiger partial charge >= 0.3 is 0 Å². The third-order valence-corrected chi connectivity index (χ3v) is 9.97. The van der Waals surface area contributed by atoms with E-state index in [1.165, 1.54) is 0 Å². The van der Waals surface area contributed by atoms with E-state index in [1.807, 2.05) is 18.2 Å². The van der Waals surface area contributed by atoms with Crippen molar-refractivity contribution in [2.75, 3.05) is 39.0 Å². The molecule has 1 aliphatic rings. The van der Waals surface area contributed by atoms with E-state index < -0.39 is 5.91 Å². The van der Waals surface area contributed by atoms with Crippen LogP contribution in [0.4, 0.5) is 5.82 Å². The van der Waals surface area contributed by atoms with Crippen molar-refractivity contribution in [1.82, 2.24) is 41.1 Å². The number of Topliss-reactive ketones (excluding diaryl/α,β-unsaturated/α-hetero) is 1. The maximum absolute atomic E-state index is 13.0. The van der Waals surface area contributed by atoms with Gasteiger partial charge in [0.05, 0.1) is 30.2 Å². The quantitative estimate of drug-likeness (QED) is 0.0896. The molecule has 284 valence electrons. The van der Waals surface area contributed by atoms with E-state index in [-0.39, 0.29) is 54.5 Å². The summed E-state index contributed by atoms with van der Waals surface area (Å²) in [5.74, 6) is 0.228. The molecule has 0 radical (unpaired) electrons. The van der Waals surface area contributed by atoms with Crippen LogP contribution in [0.15, 0.2) is 24.3 Å². The Morgan fingerprint density at radius 2 is 1.46 bits per heavy atom. The number of anilines is 1. The van der Waals surface area contributed by atoms with E-state index in [1.54, 1.807) is 14.0 Å². The van der Waals surface area contributed by atoms with E-state index in [9.17, 15) is 24.0 Å². The number of carbonyl (C=O) groups excluding carboxylic acids is 5. The van der Waals surface area contributed by atoms with E-state index >= 15 is 0 Å². The Bertz CT molecular complexity index is 1680. The van der Waals surface area contributed by atoms with Crippen molar-refractivity contribution in [3.05, 3.63) is 30.1 Å². The summed E-state index contributed by atoms with van der Waals surface area (Å²) in [6.07, 6.45) is 9.26. The number of aromatic nitrogens is 3. The number of ketones is 1. The molecule has 2 heterocycles. The van der Waals surface area contributed by atoms with Crippen LogP contribution in [0.3, 0.4) is 0 Å². The highest BCUT2D eigenvalue weighted by atomic mass is 16.2. The molecule has 0 aliphatic heterocycles. The molecule has 7 N–H and O–H groups in total. The number of nitrogens with zero attached hydrogens (tertiary/aromatic N) is 3. The number of nitrogens with one attached hydrogen (secondary N) is 5. The Morgan fingerprint density at radius 3 is 2.15 bits per heavy atom. The number of pyridine rings is 1. The Balaban J connectivity index is 1.11. The summed E-state index contributed by atoms with van der Waals surface area (Å²) in [6.45, 7) is 5.13. The van der Waals surface area contributed by atoms with Crippen LogP contribution in [0.2, 0.25) is 0 Å². The SMILES string of the molecule is CCCCc1nc2c(N)nc3ccccc3c2n1CCCCNC(=O)C1CCC(C(=O)NCC(=O)NCC(=O)NCCCCC(NC)C(C)=O)CC1. The number of nitrogen functional groups attached to an aromatic ring is 1. The fraction of sp³-hybridized carbons (Fsp3) is 0.605. The molecule has 1 fully saturated rings. The molecular formula is C38H57N9O5. The predicted molar refractivity (Wildman–Crippen MR) is 202 cm³/mol. The molecule has 1 aromatic carbocycles. The fourth-order valence-corrected chi connectivity index (χ4v) is 6.91. The van der Waals surface area contributed by atoms with Gasteiger partial charge in [-0.15, -0.1) is 0 Å². The van der Waals surface area contributed by atoms with Crippen LogP contribution in [0.25, 0.3) is 21.9 Å². The molecule has 2 aromatic heterocycles. The lowest BCUT2D eigenvalue weighted by Gasteiger charge is -2.27. The second-order valence-corrected chi connectivity index (χ2v) is 13.8. The van der Waals surface area contributed by atoms with Gasteiger partial charge in [-0.25, -0.2) is 9.97 Å². The standard InChI is InChI=1S/C38H57N9O5/c1-4-5-15-31-46-34-35(28-12-6-7-14-30(28)45-36(34)39)47(31)22-11-10-21-42-37(51)26-16-18-27(19-17-26)38(52)44-24-33(50)43-23-32(49)41-20-9-8-13-29(40-3)25(2)48/h6-7,12,14,26-27,29,40H,4-5,8-11,13,15-24H2,1-3H3,(H2,39,45)(H,41,49)(H,42,51)(H,43,50)(H,44,52). The van der Waals surface area contributed by atoms with Crippen molar-refractivity contribution >= 4 is 57.2 Å². The van der Waals surface area contributed by atoms with Gasteiger partial charge in [-0.3, -0.25) is 24.0 Å². The van der Waals surface area contributed by atoms with Crippen LogP contribution in [0.5, 0.6) is 0 Å². The Labute approximate surface area is 306 Å². The monoisotopic (exact) mass is 719 g/mol. The van der Waals surface area contributed by atoms with Gasteiger partial charge in [0.25, 0.3) is 0 Å². The molecule has 4 amide bonds. The van der Waals surface area contributed by atoms with Crippen LogP contribution in [0.1, 0.15) is 90.3 Å². The number of hydrogen-bond donors (Lipinski definition) is 6. The number of amides is 4. The molecule has 1 unspecified atom stereocenters. The number of likely N-dealkylation sites (N-methyl/N-ethyl adjacent to an activating group) is 1. The zero-order chi connectivity index (χ0) is 37.5. The number of aryl methyl sites for hydroxylation is 2. The average Bonchev–Trinajstić information content (AvgIpc) is 3.52. The van der Waals surface area contributed by atoms with Crippen molar-refractivity contribution in [1.29, 1.82) is 0 Å². The maximum Gasteiger partial charge on any atom is 0.239 e. The summed E-state index contributed by atoms with van der Waals surface area (Å²) < 4.78 is 2.28. The first kappa shape index (κ1) is 40.2. The molecule has 1 atom stereocenters. The van der Waals surface area contributed by atoms with Crippen molar-refractivity contribution in [2.45, 2.75) is 103 Å². The Morgan fingerprint density at radius 1 is 0.827 bits per heavy atom. The number of benzene rings is 1. The zero-order valence-corrected chi connectivity index (χ0v) is 31.0. The third-order valence-electron chi connectivity index (χ3n) is 9.97. The first-order chi connectivity index (χ1) is 25.1. The van der Waals surface area contributed by atoms with Gasteiger partial charge in [0.1, 0.15) is 17.1 Å². The van der Waals surface area contributed by atoms with Gasteiger partial charge in [-0.05, 0) is 84.2 Å². The maximum atomic E-state index is 13.0. The van der Waals surface area contributed by atoms with E-state index in [0.29, 0.717) is 51.0 Å². The average molecular weight is 720 g/mol. The lowest BCUT2D eigenvalue weighted by atomic mass is 9.81. The second-order valence-electron chi connectivity index (χ2n) is 13.8. The van der Waals surface area contributed by atoms with Crippen LogP contribution in [0, 0.1) is 11.8 Å². The van der Waals surface area contributed by atoms with Crippen LogP contribution < -0.4 is 32.3 Å². The van der Waals surface area contributed by atoms with E-state index in [0.717, 1.165) is 79.3 Å². The highest BCUT2D eigenvalue weighted by molar-refractivity contribution is 6.06. The van der Waals surface area contributed by atoms with Crippen LogP contribution in [-0.4, -0.2) is 83.2 Å². The van der Waals surface area contributed by atoms with Gasteiger partial charge in [0.15, 0.2) is 5.82 Å². The molecule has 0 bridgehead atoms. The lowest BCUT2D eigenvalue weighted by Crippen LogP contribution is -2.44. The van der Waals surface area contributed by atoms with E-state index in [2.05, 4.69) is 49.1 Å². The van der Waals surface area contributed by atoms with Crippen molar-refractivity contribution in [3.8, 4) is 0 Å². The van der Waals surface area contributed by atoms with Gasteiger partial charge in [-0.2, -0.15) is 0 Å². The number of rotatable bonds is 21. The first-order valence-corrected chi connectivity index (χ1v) is 18.9. The molecule has 3 aromatic rings. The molecule has 52 heavy (non-hydrogen) atoms. The minimum absolute atomic E-state index is 0.0243. The minimum Gasteiger partial charge on any atom is -0.382 e. The normalized spacial score (nSPS) is 16.4. The molecule has 0 spiro atoms. The molecule has 1 saturated carbocycles. The van der Waals surface area contributed by atoms with Gasteiger partial charge < -0.3 is 36.9 Å². The van der Waals surface area contributed by atoms with Crippen molar-refractivity contribution in [3.63, 3.8) is 0 Å². The van der Waals surface area contributed by atoms with Gasteiger partial charge in [0, 0.05) is 43.3 Å². The Kier molecular flexibility index (Phi) is 15.8. The van der Waals surface area contributed by atoms with E-state index in [4.69, 9.17) is 10.7 Å². The largest absolute Gasteiger partial charge is 0.382 e. The number of carbonyl (C=O) groups is 5. The molecule has 14 heteroatoms. The lowest BCUT2D eigenvalue weighted by molar-refractivity contribution is -0.132. The molecule has 14 nitrogen and oxygen atoms in total. The second kappa shape index (κ2) is 20.4. The summed E-state index contributed by atoms with van der Waals surface area (Å²) in [4.78, 5) is 70.8. The van der Waals surface area contributed by atoms with Gasteiger partial charge in [-0.1, -0.05) is 31.5 Å². The van der Waals surface area contributed by atoms with Gasteiger partial charge in [0.2, 0.25) is 23.6 Å². The topological polar surface area (TPSA) is 202 Å². The number of hydrogen-bond acceptors (Lipinski definition) is 9. The summed E-state index contributed by atoms with van der Waals surface area (Å²) >= 11 is 0. The fourth-order valence-electron chi connectivity index (χ4n) is 6.91. The van der Waals surface area contributed by atoms with Crippen molar-refractivity contribution < 1.29 is 24.0 Å². The summed E-state index contributed by atoms with van der Waals surface area (Å²) in [7, 11) is 1.75. The zero-order valence-electron chi connectivity index (χ0n) is 31.0. The minimum atomic E-state index is -0.442. The van der Waals surface area contributed by atoms with Crippen LogP contribution in [-0.2, 0) is 36.9 Å². The highest BCUT2D eigenvalue weighted by Gasteiger charge is 2.30. The highest BCUT2D eigenvalue weighted by Crippen LogP contribution is 2.30. The number of para-hydroxylation sites is 1. The predicted octanol–water partition coefficient (Wildman–Crippen LogP) is 2.91. The number of fused-ring (bicyclic) bond motifs is 3. The summed E-state index contributed by atoms with van der Waals surface area (Å²) in [6, 6.07) is 7.83. The molecular weight excluding hydrogens is 662 g/mol. The van der Waals surface area contributed by atoms with Crippen LogP contribution >= 0.6 is 0 Å². The van der Waals surface area contributed by atoms with Crippen molar-refractivity contribution in [2.24, 2.45) is 11.8 Å². The number of imidazole rings is 1. The molecule has 4 rings (SSSR count). The summed E-state index contributed by atoms with van der Waals surface area (Å²) in [5, 5.41) is 15.1. The smallest absolute Gasteiger partial charge is 0.239 e. The number of nitrogens with two attached hydrogens (primary N) is 1. The molecule has 1 aliphatic carbocycles. The Hall–Kier alpha value is -4.59. The first-order valence-electron chi connectivity index (χ1n) is 18.9.